The summed E-state index contributed by atoms with van der Waals surface area (Å²) in [6.45, 7) is 5.79. The minimum atomic E-state index is -0.233. The van der Waals surface area contributed by atoms with Crippen molar-refractivity contribution >= 4 is 5.91 Å². The Hall–Kier alpha value is -3.88. The molecule has 1 fully saturated rings. The molecular formula is C34H37N3O2. The van der Waals surface area contributed by atoms with Crippen LogP contribution in [0.2, 0.25) is 0 Å². The van der Waals surface area contributed by atoms with E-state index in [0.29, 0.717) is 36.1 Å². The number of hydrogen-bond donors (Lipinski definition) is 2. The van der Waals surface area contributed by atoms with Gasteiger partial charge in [-0.1, -0.05) is 54.6 Å². The fraction of sp³-hybridized carbons (Fsp3) is 0.353. The van der Waals surface area contributed by atoms with Crippen molar-refractivity contribution < 1.29 is 9.90 Å². The lowest BCUT2D eigenvalue weighted by Crippen LogP contribution is -2.54. The molecule has 1 aliphatic carbocycles. The number of phenolic OH excluding ortho intramolecular Hbond substituents is 1. The molecule has 200 valence electrons. The van der Waals surface area contributed by atoms with Crippen molar-refractivity contribution in [1.29, 1.82) is 5.26 Å². The summed E-state index contributed by atoms with van der Waals surface area (Å²) in [5.74, 6) is 0.222. The van der Waals surface area contributed by atoms with E-state index in [1.165, 1.54) is 0 Å². The summed E-state index contributed by atoms with van der Waals surface area (Å²) in [6.07, 6.45) is 8.26. The van der Waals surface area contributed by atoms with Gasteiger partial charge in [0.2, 0.25) is 0 Å². The topological polar surface area (TPSA) is 76.4 Å². The van der Waals surface area contributed by atoms with Crippen molar-refractivity contribution in [1.82, 2.24) is 10.2 Å². The van der Waals surface area contributed by atoms with Gasteiger partial charge in [-0.25, -0.2) is 0 Å². The quantitative estimate of drug-likeness (QED) is 0.384. The zero-order chi connectivity index (χ0) is 27.6. The highest BCUT2D eigenvalue weighted by molar-refractivity contribution is 5.97. The molecule has 2 aliphatic rings. The summed E-state index contributed by atoms with van der Waals surface area (Å²) in [7, 11) is 2.17. The van der Waals surface area contributed by atoms with Gasteiger partial charge in [0.15, 0.2) is 0 Å². The molecule has 3 aromatic rings. The second-order valence-electron chi connectivity index (χ2n) is 11.2. The number of carbonyl (C=O) groups is 1. The van der Waals surface area contributed by atoms with Gasteiger partial charge >= 0.3 is 0 Å². The van der Waals surface area contributed by atoms with Crippen LogP contribution in [0, 0.1) is 24.2 Å². The number of fused-ring (bicyclic) bond motifs is 1. The predicted octanol–water partition coefficient (Wildman–Crippen LogP) is 6.14. The van der Waals surface area contributed by atoms with Gasteiger partial charge < -0.3 is 15.3 Å². The molecule has 0 spiro atoms. The molecule has 5 nitrogen and oxygen atoms in total. The number of benzene rings is 3. The Morgan fingerprint density at radius 1 is 1.08 bits per heavy atom. The van der Waals surface area contributed by atoms with Gasteiger partial charge in [0.05, 0.1) is 17.2 Å². The monoisotopic (exact) mass is 519 g/mol. The van der Waals surface area contributed by atoms with Gasteiger partial charge in [-0.15, -0.1) is 0 Å². The van der Waals surface area contributed by atoms with Crippen molar-refractivity contribution in [2.45, 2.75) is 51.0 Å². The second kappa shape index (κ2) is 11.1. The van der Waals surface area contributed by atoms with Crippen LogP contribution in [0.1, 0.15) is 58.8 Å². The highest BCUT2D eigenvalue weighted by Gasteiger charge is 2.49. The van der Waals surface area contributed by atoms with Crippen LogP contribution in [0.5, 0.6) is 5.75 Å². The third kappa shape index (κ3) is 5.10. The molecule has 1 aliphatic heterocycles. The lowest BCUT2D eigenvalue weighted by atomic mass is 9.58. The van der Waals surface area contributed by atoms with E-state index in [0.717, 1.165) is 53.6 Å². The largest absolute Gasteiger partial charge is 0.507 e. The van der Waals surface area contributed by atoms with Crippen LogP contribution < -0.4 is 5.32 Å². The van der Waals surface area contributed by atoms with Gasteiger partial charge in [-0.05, 0) is 93.6 Å². The van der Waals surface area contributed by atoms with Crippen molar-refractivity contribution in [3.8, 4) is 22.9 Å². The number of allylic oxidation sites excluding steroid dienone is 1. The summed E-state index contributed by atoms with van der Waals surface area (Å²) < 4.78 is 0. The smallest absolute Gasteiger partial charge is 0.255 e. The molecule has 2 N–H and O–H groups in total. The normalized spacial score (nSPS) is 22.6. The highest BCUT2D eigenvalue weighted by Crippen LogP contribution is 2.52. The summed E-state index contributed by atoms with van der Waals surface area (Å²) in [6, 6.07) is 22.1. The Bertz CT molecular complexity index is 1420. The number of nitrogens with zero attached hydrogens (tertiary/aromatic N) is 2. The number of rotatable bonds is 6. The lowest BCUT2D eigenvalue weighted by molar-refractivity contribution is 0.0685. The van der Waals surface area contributed by atoms with E-state index in [4.69, 9.17) is 5.26 Å². The number of nitrogens with one attached hydrogen (secondary N) is 1. The van der Waals surface area contributed by atoms with Crippen LogP contribution in [-0.4, -0.2) is 42.1 Å². The lowest BCUT2D eigenvalue weighted by Gasteiger charge is -2.52. The van der Waals surface area contributed by atoms with Gasteiger partial charge in [0.25, 0.3) is 5.91 Å². The molecule has 3 unspecified atom stereocenters. The molecule has 1 heterocycles. The van der Waals surface area contributed by atoms with E-state index in [-0.39, 0.29) is 17.1 Å². The van der Waals surface area contributed by atoms with Gasteiger partial charge in [-0.2, -0.15) is 5.26 Å². The number of hydrogen-bond acceptors (Lipinski definition) is 4. The van der Waals surface area contributed by atoms with E-state index in [1.54, 1.807) is 6.07 Å². The highest BCUT2D eigenvalue weighted by atomic mass is 16.3. The molecule has 0 bridgehead atoms. The zero-order valence-corrected chi connectivity index (χ0v) is 23.1. The number of aromatic hydroxyl groups is 1. The SMILES string of the molecule is Cc1ccc(C(=O)NCCc2ccc(-c3ccc(C#N)cc3)cc2)c(O)c1C12CCC=CC1C(C)N(C)CC2. The average molecular weight is 520 g/mol. The Labute approximate surface area is 231 Å². The first-order valence-electron chi connectivity index (χ1n) is 13.9. The predicted molar refractivity (Wildman–Crippen MR) is 156 cm³/mol. The Morgan fingerprint density at radius 2 is 1.77 bits per heavy atom. The summed E-state index contributed by atoms with van der Waals surface area (Å²) in [4.78, 5) is 15.7. The van der Waals surface area contributed by atoms with Crippen LogP contribution in [0.4, 0.5) is 0 Å². The fourth-order valence-electron chi connectivity index (χ4n) is 6.64. The van der Waals surface area contributed by atoms with E-state index in [1.807, 2.05) is 30.3 Å². The number of carbonyl (C=O) groups excluding carboxylic acids is 1. The molecule has 0 saturated carbocycles. The van der Waals surface area contributed by atoms with Gasteiger partial charge in [0.1, 0.15) is 5.75 Å². The number of amides is 1. The summed E-state index contributed by atoms with van der Waals surface area (Å²) in [5, 5.41) is 23.6. The standard InChI is InChI=1S/C34H37N3O2/c1-23-7-16-29(32(38)31(23)34-18-5-4-6-30(34)24(2)37(3)21-19-34)33(39)36-20-17-25-8-12-27(13-9-25)28-14-10-26(22-35)11-15-28/h4,6-16,24,30,38H,5,17-21H2,1-3H3,(H,36,39). The van der Waals surface area contributed by atoms with E-state index in [2.05, 4.69) is 73.6 Å². The first-order valence-corrected chi connectivity index (χ1v) is 13.9. The maximum Gasteiger partial charge on any atom is 0.255 e. The van der Waals surface area contributed by atoms with E-state index >= 15 is 0 Å². The molecular weight excluding hydrogens is 482 g/mol. The van der Waals surface area contributed by atoms with Crippen LogP contribution in [-0.2, 0) is 11.8 Å². The first-order chi connectivity index (χ1) is 18.8. The number of aryl methyl sites for hydroxylation is 1. The maximum absolute atomic E-state index is 13.3. The van der Waals surface area contributed by atoms with E-state index in [9.17, 15) is 9.90 Å². The van der Waals surface area contributed by atoms with Crippen molar-refractivity contribution in [3.63, 3.8) is 0 Å². The number of phenols is 1. The summed E-state index contributed by atoms with van der Waals surface area (Å²) in [5.41, 5.74) is 6.15. The third-order valence-electron chi connectivity index (χ3n) is 8.99. The van der Waals surface area contributed by atoms with Crippen molar-refractivity contribution in [3.05, 3.63) is 101 Å². The molecule has 1 amide bonds. The first kappa shape index (κ1) is 26.7. The van der Waals surface area contributed by atoms with Crippen LogP contribution in [0.3, 0.4) is 0 Å². The van der Waals surface area contributed by atoms with Crippen LogP contribution in [0.25, 0.3) is 11.1 Å². The maximum atomic E-state index is 13.3. The number of piperidine rings is 1. The fourth-order valence-corrected chi connectivity index (χ4v) is 6.64. The van der Waals surface area contributed by atoms with Crippen molar-refractivity contribution in [2.24, 2.45) is 5.92 Å². The number of likely N-dealkylation sites (tertiary alicyclic amines) is 1. The Morgan fingerprint density at radius 3 is 2.46 bits per heavy atom. The Balaban J connectivity index is 1.29. The molecule has 3 aromatic carbocycles. The Kier molecular flexibility index (Phi) is 7.59. The molecule has 0 radical (unpaired) electrons. The third-order valence-corrected chi connectivity index (χ3v) is 8.99. The zero-order valence-electron chi connectivity index (χ0n) is 23.1. The van der Waals surface area contributed by atoms with E-state index < -0.39 is 0 Å². The van der Waals surface area contributed by atoms with Crippen LogP contribution in [0.15, 0.2) is 72.8 Å². The minimum absolute atomic E-state index is 0.149. The number of nitriles is 1. The molecule has 39 heavy (non-hydrogen) atoms. The second-order valence-corrected chi connectivity index (χ2v) is 11.2. The average Bonchev–Trinajstić information content (AvgIpc) is 2.96. The van der Waals surface area contributed by atoms with Gasteiger partial charge in [0, 0.05) is 29.5 Å². The van der Waals surface area contributed by atoms with Crippen molar-refractivity contribution in [2.75, 3.05) is 20.1 Å². The molecule has 5 heteroatoms. The molecule has 1 saturated heterocycles. The molecule has 3 atom stereocenters. The minimum Gasteiger partial charge on any atom is -0.507 e. The molecule has 5 rings (SSSR count). The molecule has 0 aromatic heterocycles. The summed E-state index contributed by atoms with van der Waals surface area (Å²) >= 11 is 0. The van der Waals surface area contributed by atoms with Crippen LogP contribution >= 0.6 is 0 Å². The van der Waals surface area contributed by atoms with Gasteiger partial charge in [-0.3, -0.25) is 4.79 Å².